The van der Waals surface area contributed by atoms with E-state index < -0.39 is 0 Å². The van der Waals surface area contributed by atoms with Gasteiger partial charge < -0.3 is 5.32 Å². The van der Waals surface area contributed by atoms with Crippen LogP contribution in [0.1, 0.15) is 24.1 Å². The molecule has 1 aliphatic heterocycles. The highest BCUT2D eigenvalue weighted by Gasteiger charge is 2.11. The molecule has 3 nitrogen and oxygen atoms in total. The van der Waals surface area contributed by atoms with Gasteiger partial charge in [-0.05, 0) is 71.7 Å². The summed E-state index contributed by atoms with van der Waals surface area (Å²) in [6, 6.07) is 12.8. The van der Waals surface area contributed by atoms with Gasteiger partial charge >= 0.3 is 0 Å². The molecule has 1 aromatic heterocycles. The molecule has 0 amide bonds. The Balaban J connectivity index is 1.52. The van der Waals surface area contributed by atoms with E-state index in [4.69, 9.17) is 0 Å². The molecule has 0 radical (unpaired) electrons. The number of halogens is 1. The first-order valence-corrected chi connectivity index (χ1v) is 8.24. The lowest BCUT2D eigenvalue weighted by Gasteiger charge is -2.15. The zero-order valence-corrected chi connectivity index (χ0v) is 13.6. The van der Waals surface area contributed by atoms with Crippen LogP contribution in [0.5, 0.6) is 0 Å². The standard InChI is InChI=1S/C17H20BrN3/c18-15-5-8-17(19-11-15)12-20-16-6-3-14(4-7-16)13-21-9-1-2-10-21/h3-8,11,20H,1-2,9-10,12-13H2. The first-order valence-electron chi connectivity index (χ1n) is 7.45. The summed E-state index contributed by atoms with van der Waals surface area (Å²) in [5, 5.41) is 3.41. The zero-order valence-electron chi connectivity index (χ0n) is 12.1. The van der Waals surface area contributed by atoms with Crippen molar-refractivity contribution in [3.63, 3.8) is 0 Å². The van der Waals surface area contributed by atoms with Crippen molar-refractivity contribution >= 4 is 21.6 Å². The van der Waals surface area contributed by atoms with Gasteiger partial charge in [0.1, 0.15) is 0 Å². The third kappa shape index (κ3) is 4.29. The number of nitrogens with zero attached hydrogens (tertiary/aromatic N) is 2. The van der Waals surface area contributed by atoms with Crippen LogP contribution in [0.25, 0.3) is 0 Å². The topological polar surface area (TPSA) is 28.2 Å². The number of hydrogen-bond donors (Lipinski definition) is 1. The number of hydrogen-bond acceptors (Lipinski definition) is 3. The van der Waals surface area contributed by atoms with Gasteiger partial charge in [0.25, 0.3) is 0 Å². The van der Waals surface area contributed by atoms with Crippen molar-refractivity contribution in [1.29, 1.82) is 0 Å². The van der Waals surface area contributed by atoms with Crippen molar-refractivity contribution in [3.8, 4) is 0 Å². The lowest BCUT2D eigenvalue weighted by Crippen LogP contribution is -2.18. The summed E-state index contributed by atoms with van der Waals surface area (Å²) in [6.07, 6.45) is 4.52. The van der Waals surface area contributed by atoms with E-state index in [9.17, 15) is 0 Å². The highest BCUT2D eigenvalue weighted by molar-refractivity contribution is 9.10. The molecule has 21 heavy (non-hydrogen) atoms. The Morgan fingerprint density at radius 2 is 1.81 bits per heavy atom. The Kier molecular flexibility index (Phi) is 4.88. The molecule has 1 saturated heterocycles. The lowest BCUT2D eigenvalue weighted by molar-refractivity contribution is 0.331. The van der Waals surface area contributed by atoms with Gasteiger partial charge in [-0.2, -0.15) is 0 Å². The fourth-order valence-electron chi connectivity index (χ4n) is 2.63. The number of rotatable bonds is 5. The summed E-state index contributed by atoms with van der Waals surface area (Å²) in [7, 11) is 0. The van der Waals surface area contributed by atoms with Crippen molar-refractivity contribution in [2.24, 2.45) is 0 Å². The molecule has 4 heteroatoms. The predicted molar refractivity (Wildman–Crippen MR) is 90.2 cm³/mol. The number of nitrogens with one attached hydrogen (secondary N) is 1. The van der Waals surface area contributed by atoms with Crippen LogP contribution in [0, 0.1) is 0 Å². The molecule has 1 aliphatic rings. The fourth-order valence-corrected chi connectivity index (χ4v) is 2.87. The van der Waals surface area contributed by atoms with E-state index in [-0.39, 0.29) is 0 Å². The summed E-state index contributed by atoms with van der Waals surface area (Å²) in [5.74, 6) is 0. The van der Waals surface area contributed by atoms with Crippen molar-refractivity contribution in [2.75, 3.05) is 18.4 Å². The fraction of sp³-hybridized carbons (Fsp3) is 0.353. The minimum Gasteiger partial charge on any atom is -0.379 e. The molecular formula is C17H20BrN3. The van der Waals surface area contributed by atoms with Gasteiger partial charge in [0.05, 0.1) is 12.2 Å². The first-order chi connectivity index (χ1) is 10.3. The Hall–Kier alpha value is -1.39. The molecule has 110 valence electrons. The molecule has 2 aromatic rings. The molecule has 0 bridgehead atoms. The van der Waals surface area contributed by atoms with Crippen molar-refractivity contribution in [1.82, 2.24) is 9.88 Å². The van der Waals surface area contributed by atoms with Crippen LogP contribution in [0.3, 0.4) is 0 Å². The molecule has 0 aliphatic carbocycles. The van der Waals surface area contributed by atoms with E-state index in [0.717, 1.165) is 28.9 Å². The van der Waals surface area contributed by atoms with Gasteiger partial charge in [0.15, 0.2) is 0 Å². The van der Waals surface area contributed by atoms with E-state index in [1.165, 1.54) is 31.5 Å². The Labute approximate surface area is 134 Å². The largest absolute Gasteiger partial charge is 0.379 e. The van der Waals surface area contributed by atoms with Crippen LogP contribution in [-0.2, 0) is 13.1 Å². The molecule has 2 heterocycles. The summed E-state index contributed by atoms with van der Waals surface area (Å²) in [6.45, 7) is 4.32. The highest BCUT2D eigenvalue weighted by Crippen LogP contribution is 2.16. The number of anilines is 1. The maximum atomic E-state index is 4.36. The van der Waals surface area contributed by atoms with Gasteiger partial charge in [-0.15, -0.1) is 0 Å². The molecule has 3 rings (SSSR count). The van der Waals surface area contributed by atoms with Crippen LogP contribution in [0.2, 0.25) is 0 Å². The molecular weight excluding hydrogens is 326 g/mol. The van der Waals surface area contributed by atoms with Gasteiger partial charge in [0, 0.05) is 22.9 Å². The van der Waals surface area contributed by atoms with Crippen LogP contribution < -0.4 is 5.32 Å². The lowest BCUT2D eigenvalue weighted by atomic mass is 10.2. The number of benzene rings is 1. The second kappa shape index (κ2) is 7.05. The highest BCUT2D eigenvalue weighted by atomic mass is 79.9. The molecule has 1 fully saturated rings. The Bertz CT molecular complexity index is 560. The number of pyridine rings is 1. The average molecular weight is 346 g/mol. The van der Waals surface area contributed by atoms with Crippen LogP contribution >= 0.6 is 15.9 Å². The smallest absolute Gasteiger partial charge is 0.0595 e. The average Bonchev–Trinajstić information content (AvgIpc) is 3.01. The Morgan fingerprint density at radius 1 is 1.05 bits per heavy atom. The molecule has 0 saturated carbocycles. The van der Waals surface area contributed by atoms with Gasteiger partial charge in [0.2, 0.25) is 0 Å². The van der Waals surface area contributed by atoms with Crippen LogP contribution in [0.15, 0.2) is 47.1 Å². The number of aromatic nitrogens is 1. The van der Waals surface area contributed by atoms with Crippen LogP contribution in [-0.4, -0.2) is 23.0 Å². The second-order valence-electron chi connectivity index (χ2n) is 5.50. The third-order valence-electron chi connectivity index (χ3n) is 3.82. The predicted octanol–water partition coefficient (Wildman–Crippen LogP) is 4.05. The normalized spacial score (nSPS) is 15.3. The second-order valence-corrected chi connectivity index (χ2v) is 6.42. The minimum atomic E-state index is 0.749. The van der Waals surface area contributed by atoms with Crippen molar-refractivity contribution in [2.45, 2.75) is 25.9 Å². The van der Waals surface area contributed by atoms with E-state index in [1.54, 1.807) is 0 Å². The van der Waals surface area contributed by atoms with E-state index in [2.05, 4.69) is 55.4 Å². The quantitative estimate of drug-likeness (QED) is 0.885. The van der Waals surface area contributed by atoms with Gasteiger partial charge in [-0.3, -0.25) is 9.88 Å². The zero-order chi connectivity index (χ0) is 14.5. The SMILES string of the molecule is Brc1ccc(CNc2ccc(CN3CCCC3)cc2)nc1. The van der Waals surface area contributed by atoms with E-state index in [0.29, 0.717) is 0 Å². The van der Waals surface area contributed by atoms with E-state index >= 15 is 0 Å². The summed E-state index contributed by atoms with van der Waals surface area (Å²) in [5.41, 5.74) is 3.58. The first kappa shape index (κ1) is 14.5. The number of likely N-dealkylation sites (tertiary alicyclic amines) is 1. The third-order valence-corrected chi connectivity index (χ3v) is 4.29. The van der Waals surface area contributed by atoms with Gasteiger partial charge in [-0.1, -0.05) is 12.1 Å². The molecule has 0 atom stereocenters. The van der Waals surface area contributed by atoms with Crippen molar-refractivity contribution < 1.29 is 0 Å². The van der Waals surface area contributed by atoms with Crippen LogP contribution in [0.4, 0.5) is 5.69 Å². The minimum absolute atomic E-state index is 0.749. The Morgan fingerprint density at radius 3 is 2.48 bits per heavy atom. The maximum absolute atomic E-state index is 4.36. The molecule has 1 aromatic carbocycles. The summed E-state index contributed by atoms with van der Waals surface area (Å²) in [4.78, 5) is 6.89. The summed E-state index contributed by atoms with van der Waals surface area (Å²) >= 11 is 3.40. The van der Waals surface area contributed by atoms with Gasteiger partial charge in [-0.25, -0.2) is 0 Å². The maximum Gasteiger partial charge on any atom is 0.0595 e. The molecule has 0 spiro atoms. The summed E-state index contributed by atoms with van der Waals surface area (Å²) < 4.78 is 1.01. The monoisotopic (exact) mass is 345 g/mol. The van der Waals surface area contributed by atoms with Crippen molar-refractivity contribution in [3.05, 3.63) is 58.3 Å². The molecule has 0 unspecified atom stereocenters. The van der Waals surface area contributed by atoms with E-state index in [1.807, 2.05) is 18.3 Å². The molecule has 1 N–H and O–H groups in total.